The van der Waals surface area contributed by atoms with Crippen molar-refractivity contribution in [1.82, 2.24) is 0 Å². The first-order valence-electron chi connectivity index (χ1n) is 9.25. The molecule has 1 aliphatic carbocycles. The summed E-state index contributed by atoms with van der Waals surface area (Å²) < 4.78 is 5.35. The van der Waals surface area contributed by atoms with Gasteiger partial charge in [0.25, 0.3) is 0 Å². The largest absolute Gasteiger partial charge is 0.508 e. The zero-order valence-corrected chi connectivity index (χ0v) is 14.9. The van der Waals surface area contributed by atoms with Gasteiger partial charge in [0.05, 0.1) is 5.57 Å². The molecule has 2 aromatic carbocycles. The number of hydrogen-bond donors (Lipinski definition) is 2. The molecule has 4 nitrogen and oxygen atoms in total. The molecule has 0 amide bonds. The second kappa shape index (κ2) is 7.41. The van der Waals surface area contributed by atoms with Gasteiger partial charge < -0.3 is 14.9 Å². The highest BCUT2D eigenvalue weighted by molar-refractivity contribution is 5.93. The molecule has 0 radical (unpaired) electrons. The van der Waals surface area contributed by atoms with Gasteiger partial charge in [-0.05, 0) is 29.9 Å². The van der Waals surface area contributed by atoms with Crippen LogP contribution in [0, 0.1) is 5.92 Å². The van der Waals surface area contributed by atoms with Crippen LogP contribution in [0.25, 0.3) is 6.08 Å². The second-order valence-corrected chi connectivity index (χ2v) is 7.11. The maximum Gasteiger partial charge on any atom is 0.339 e. The zero-order valence-electron chi connectivity index (χ0n) is 14.9. The van der Waals surface area contributed by atoms with Gasteiger partial charge in [-0.25, -0.2) is 4.79 Å². The van der Waals surface area contributed by atoms with E-state index in [2.05, 4.69) is 0 Å². The molecular formula is C23H22O4. The topological polar surface area (TPSA) is 66.8 Å². The number of aliphatic hydroxyl groups is 2. The molecule has 138 valence electrons. The van der Waals surface area contributed by atoms with Crippen LogP contribution in [-0.2, 0) is 9.53 Å². The van der Waals surface area contributed by atoms with E-state index in [1.54, 1.807) is 12.2 Å². The van der Waals surface area contributed by atoms with Crippen molar-refractivity contribution >= 4 is 12.0 Å². The van der Waals surface area contributed by atoms with E-state index in [4.69, 9.17) is 4.74 Å². The van der Waals surface area contributed by atoms with Crippen LogP contribution in [0.1, 0.15) is 29.9 Å². The van der Waals surface area contributed by atoms with E-state index in [1.807, 2.05) is 60.7 Å². The van der Waals surface area contributed by atoms with E-state index in [9.17, 15) is 15.0 Å². The predicted octanol–water partition coefficient (Wildman–Crippen LogP) is 3.99. The predicted molar refractivity (Wildman–Crippen MR) is 103 cm³/mol. The Kier molecular flexibility index (Phi) is 4.82. The maximum absolute atomic E-state index is 12.5. The summed E-state index contributed by atoms with van der Waals surface area (Å²) in [7, 11) is 0. The third kappa shape index (κ3) is 3.67. The van der Waals surface area contributed by atoms with Gasteiger partial charge in [0, 0.05) is 5.92 Å². The molecule has 4 heteroatoms. The zero-order chi connectivity index (χ0) is 18.8. The van der Waals surface area contributed by atoms with Gasteiger partial charge in [0.2, 0.25) is 0 Å². The number of carbonyl (C=O) groups is 1. The minimum absolute atomic E-state index is 0.147. The Balaban J connectivity index is 1.60. The van der Waals surface area contributed by atoms with Gasteiger partial charge in [-0.3, -0.25) is 0 Å². The van der Waals surface area contributed by atoms with Crippen molar-refractivity contribution in [1.29, 1.82) is 0 Å². The lowest BCUT2D eigenvalue weighted by atomic mass is 9.86. The van der Waals surface area contributed by atoms with Gasteiger partial charge in [-0.2, -0.15) is 0 Å². The summed E-state index contributed by atoms with van der Waals surface area (Å²) in [5.41, 5.74) is 2.21. The van der Waals surface area contributed by atoms with E-state index in [0.29, 0.717) is 11.5 Å². The summed E-state index contributed by atoms with van der Waals surface area (Å²) in [6, 6.07) is 19.2. The number of carbonyl (C=O) groups excluding carboxylic acids is 1. The minimum Gasteiger partial charge on any atom is -0.508 e. The van der Waals surface area contributed by atoms with E-state index in [-0.39, 0.29) is 11.7 Å². The average Bonchev–Trinajstić information content (AvgIpc) is 3.49. The number of rotatable bonds is 6. The molecule has 27 heavy (non-hydrogen) atoms. The lowest BCUT2D eigenvalue weighted by Gasteiger charge is -2.16. The van der Waals surface area contributed by atoms with Crippen LogP contribution < -0.4 is 0 Å². The fourth-order valence-electron chi connectivity index (χ4n) is 3.65. The Morgan fingerprint density at radius 1 is 1.00 bits per heavy atom. The van der Waals surface area contributed by atoms with E-state index in [0.717, 1.165) is 24.0 Å². The third-order valence-electron chi connectivity index (χ3n) is 5.16. The number of hydrogen-bond acceptors (Lipinski definition) is 4. The molecule has 0 aromatic heterocycles. The summed E-state index contributed by atoms with van der Waals surface area (Å²) in [4.78, 5) is 12.5. The van der Waals surface area contributed by atoms with Crippen molar-refractivity contribution in [3.05, 3.63) is 89.2 Å². The molecular weight excluding hydrogens is 340 g/mol. The molecule has 2 aliphatic rings. The molecule has 1 aliphatic heterocycles. The Labute approximate surface area is 158 Å². The Hall–Kier alpha value is -2.85. The lowest BCUT2D eigenvalue weighted by Crippen LogP contribution is -2.26. The molecule has 2 aromatic rings. The monoisotopic (exact) mass is 362 g/mol. The molecule has 3 unspecified atom stereocenters. The standard InChI is InChI=1S/C23H22O4/c24-18(14-11-15-7-3-1-4-8-15)22-21(25)20(23(26)27-22)19(17-12-13-17)16-9-5-2-6-10-16/h1-11,14,17-19,22,24-25H,12-13H2/b14-11+. The van der Waals surface area contributed by atoms with Crippen molar-refractivity contribution in [3.63, 3.8) is 0 Å². The summed E-state index contributed by atoms with van der Waals surface area (Å²) in [6.45, 7) is 0. The van der Waals surface area contributed by atoms with Crippen LogP contribution in [0.15, 0.2) is 78.1 Å². The average molecular weight is 362 g/mol. The molecule has 2 N–H and O–H groups in total. The fourth-order valence-corrected chi connectivity index (χ4v) is 3.65. The molecule has 0 spiro atoms. The number of esters is 1. The van der Waals surface area contributed by atoms with Crippen molar-refractivity contribution in [2.45, 2.75) is 31.0 Å². The molecule has 0 saturated heterocycles. The Morgan fingerprint density at radius 2 is 1.63 bits per heavy atom. The smallest absolute Gasteiger partial charge is 0.339 e. The number of aliphatic hydroxyl groups excluding tert-OH is 2. The first-order chi connectivity index (χ1) is 13.1. The first kappa shape index (κ1) is 17.6. The summed E-state index contributed by atoms with van der Waals surface area (Å²) in [6.07, 6.45) is 3.16. The third-order valence-corrected chi connectivity index (χ3v) is 5.16. The normalized spacial score (nSPS) is 22.1. The maximum atomic E-state index is 12.5. The van der Waals surface area contributed by atoms with Crippen LogP contribution >= 0.6 is 0 Å². The summed E-state index contributed by atoms with van der Waals surface area (Å²) in [5.74, 6) is -0.543. The highest BCUT2D eigenvalue weighted by atomic mass is 16.6. The van der Waals surface area contributed by atoms with Crippen LogP contribution in [0.3, 0.4) is 0 Å². The number of cyclic esters (lactones) is 1. The van der Waals surface area contributed by atoms with Gasteiger partial charge in [-0.1, -0.05) is 72.8 Å². The van der Waals surface area contributed by atoms with Crippen molar-refractivity contribution in [2.75, 3.05) is 0 Å². The van der Waals surface area contributed by atoms with Crippen LogP contribution in [-0.4, -0.2) is 28.4 Å². The van der Waals surface area contributed by atoms with Gasteiger partial charge in [0.15, 0.2) is 6.10 Å². The second-order valence-electron chi connectivity index (χ2n) is 7.11. The molecule has 1 fully saturated rings. The minimum atomic E-state index is -1.11. The van der Waals surface area contributed by atoms with Gasteiger partial charge in [-0.15, -0.1) is 0 Å². The number of benzene rings is 2. The summed E-state index contributed by atoms with van der Waals surface area (Å²) >= 11 is 0. The Morgan fingerprint density at radius 3 is 2.26 bits per heavy atom. The highest BCUT2D eigenvalue weighted by Gasteiger charge is 2.46. The first-order valence-corrected chi connectivity index (χ1v) is 9.25. The van der Waals surface area contributed by atoms with E-state index < -0.39 is 18.2 Å². The fraction of sp³-hybridized carbons (Fsp3) is 0.261. The highest BCUT2D eigenvalue weighted by Crippen LogP contribution is 2.49. The summed E-state index contributed by atoms with van der Waals surface area (Å²) in [5, 5.41) is 21.2. The van der Waals surface area contributed by atoms with Crippen molar-refractivity contribution in [2.24, 2.45) is 5.92 Å². The molecule has 4 rings (SSSR count). The molecule has 3 atom stereocenters. The molecule has 0 bridgehead atoms. The van der Waals surface area contributed by atoms with Crippen LogP contribution in [0.5, 0.6) is 0 Å². The SMILES string of the molecule is O=C1OC(C(O)/C=C/c2ccccc2)C(O)=C1C(c1ccccc1)C1CC1. The molecule has 1 heterocycles. The van der Waals surface area contributed by atoms with Gasteiger partial charge in [0.1, 0.15) is 11.9 Å². The Bertz CT molecular complexity index is 866. The van der Waals surface area contributed by atoms with E-state index >= 15 is 0 Å². The van der Waals surface area contributed by atoms with Crippen LogP contribution in [0.4, 0.5) is 0 Å². The van der Waals surface area contributed by atoms with Gasteiger partial charge >= 0.3 is 5.97 Å². The van der Waals surface area contributed by atoms with Crippen LogP contribution in [0.2, 0.25) is 0 Å². The quantitative estimate of drug-likeness (QED) is 0.763. The number of ether oxygens (including phenoxy) is 1. The molecule has 1 saturated carbocycles. The van der Waals surface area contributed by atoms with Crippen molar-refractivity contribution in [3.8, 4) is 0 Å². The van der Waals surface area contributed by atoms with Crippen molar-refractivity contribution < 1.29 is 19.7 Å². The van der Waals surface area contributed by atoms with E-state index in [1.165, 1.54) is 0 Å². The lowest BCUT2D eigenvalue weighted by molar-refractivity contribution is -0.143.